The summed E-state index contributed by atoms with van der Waals surface area (Å²) in [6, 6.07) is 2.14. The molecule has 0 aromatic carbocycles. The molecule has 1 aromatic heterocycles. The first kappa shape index (κ1) is 15.9. The van der Waals surface area contributed by atoms with Crippen LogP contribution in [0.5, 0.6) is 0 Å². The maximum atomic E-state index is 12.3. The number of likely N-dealkylation sites (tertiary alicyclic amines) is 1. The lowest BCUT2D eigenvalue weighted by atomic mass is 10.1. The van der Waals surface area contributed by atoms with Crippen molar-refractivity contribution in [2.75, 3.05) is 26.7 Å². The number of carbonyl (C=O) groups is 1. The predicted octanol–water partition coefficient (Wildman–Crippen LogP) is 2.52. The van der Waals surface area contributed by atoms with Crippen LogP contribution in [-0.4, -0.2) is 47.7 Å². The zero-order valence-electron chi connectivity index (χ0n) is 12.5. The van der Waals surface area contributed by atoms with Gasteiger partial charge in [0, 0.05) is 33.1 Å². The number of urea groups is 1. The van der Waals surface area contributed by atoms with Crippen LogP contribution in [0.4, 0.5) is 4.79 Å². The topological polar surface area (TPSA) is 43.8 Å². The maximum Gasteiger partial charge on any atom is 0.320 e. The minimum Gasteiger partial charge on any atom is -0.395 e. The van der Waals surface area contributed by atoms with Gasteiger partial charge in [-0.3, -0.25) is 0 Å². The second-order valence-electron chi connectivity index (χ2n) is 5.28. The summed E-state index contributed by atoms with van der Waals surface area (Å²) in [6.45, 7) is 2.47. The second kappa shape index (κ2) is 8.06. The summed E-state index contributed by atoms with van der Waals surface area (Å²) in [5.41, 5.74) is 1.11. The SMILES string of the molecule is CN(Cc1csc(C#CCCO)c1)C(=O)N1CCCCC1. The molecule has 1 fully saturated rings. The Bertz CT molecular complexity index is 524. The van der Waals surface area contributed by atoms with E-state index in [4.69, 9.17) is 5.11 Å². The number of hydrogen-bond acceptors (Lipinski definition) is 3. The normalized spacial score (nSPS) is 14.5. The number of piperidine rings is 1. The van der Waals surface area contributed by atoms with E-state index in [1.165, 1.54) is 6.42 Å². The Labute approximate surface area is 130 Å². The molecule has 0 radical (unpaired) electrons. The molecule has 0 bridgehead atoms. The Kier molecular flexibility index (Phi) is 6.09. The molecule has 2 rings (SSSR count). The fourth-order valence-electron chi connectivity index (χ4n) is 2.40. The summed E-state index contributed by atoms with van der Waals surface area (Å²) in [7, 11) is 1.85. The fourth-order valence-corrected chi connectivity index (χ4v) is 3.17. The molecule has 1 N–H and O–H groups in total. The highest BCUT2D eigenvalue weighted by molar-refractivity contribution is 7.10. The lowest BCUT2D eigenvalue weighted by Crippen LogP contribution is -2.43. The van der Waals surface area contributed by atoms with Crippen LogP contribution in [0.2, 0.25) is 0 Å². The number of carbonyl (C=O) groups excluding carboxylic acids is 1. The minimum atomic E-state index is 0.0955. The molecule has 1 aromatic rings. The van der Waals surface area contributed by atoms with E-state index in [0.717, 1.165) is 36.4 Å². The van der Waals surface area contributed by atoms with Gasteiger partial charge in [0.15, 0.2) is 0 Å². The molecular weight excluding hydrogens is 284 g/mol. The van der Waals surface area contributed by atoms with E-state index < -0.39 is 0 Å². The van der Waals surface area contributed by atoms with Crippen molar-refractivity contribution in [3.05, 3.63) is 21.9 Å². The first-order valence-electron chi connectivity index (χ1n) is 7.38. The Morgan fingerprint density at radius 3 is 2.90 bits per heavy atom. The van der Waals surface area contributed by atoms with Crippen molar-refractivity contribution in [1.29, 1.82) is 0 Å². The van der Waals surface area contributed by atoms with E-state index in [-0.39, 0.29) is 12.6 Å². The van der Waals surface area contributed by atoms with Gasteiger partial charge in [0.25, 0.3) is 0 Å². The molecule has 0 aliphatic carbocycles. The average Bonchev–Trinajstić information content (AvgIpc) is 2.95. The van der Waals surface area contributed by atoms with Gasteiger partial charge in [0.1, 0.15) is 0 Å². The first-order valence-corrected chi connectivity index (χ1v) is 8.26. The number of hydrogen-bond donors (Lipinski definition) is 1. The van der Waals surface area contributed by atoms with Crippen molar-refractivity contribution in [3.8, 4) is 11.8 Å². The second-order valence-corrected chi connectivity index (χ2v) is 6.19. The van der Waals surface area contributed by atoms with Crippen LogP contribution < -0.4 is 0 Å². The van der Waals surface area contributed by atoms with E-state index in [1.807, 2.05) is 23.4 Å². The van der Waals surface area contributed by atoms with Gasteiger partial charge in [-0.1, -0.05) is 11.8 Å². The Morgan fingerprint density at radius 2 is 2.19 bits per heavy atom. The average molecular weight is 306 g/mol. The van der Waals surface area contributed by atoms with Crippen molar-refractivity contribution in [2.24, 2.45) is 0 Å². The summed E-state index contributed by atoms with van der Waals surface area (Å²) in [5.74, 6) is 5.94. The Morgan fingerprint density at radius 1 is 1.43 bits per heavy atom. The minimum absolute atomic E-state index is 0.0955. The number of nitrogens with zero attached hydrogens (tertiary/aromatic N) is 2. The van der Waals surface area contributed by atoms with Gasteiger partial charge >= 0.3 is 6.03 Å². The Hall–Kier alpha value is -1.51. The standard InChI is InChI=1S/C16H22N2O2S/c1-17(16(20)18-8-4-2-5-9-18)12-14-11-15(21-13-14)7-3-6-10-19/h11,13,19H,2,4-6,8-10,12H2,1H3. The summed E-state index contributed by atoms with van der Waals surface area (Å²) < 4.78 is 0. The van der Waals surface area contributed by atoms with Crippen LogP contribution in [0.15, 0.2) is 11.4 Å². The molecule has 5 heteroatoms. The molecule has 0 saturated carbocycles. The molecule has 0 atom stereocenters. The smallest absolute Gasteiger partial charge is 0.320 e. The molecule has 114 valence electrons. The van der Waals surface area contributed by atoms with E-state index >= 15 is 0 Å². The molecule has 2 amide bonds. The molecule has 1 saturated heterocycles. The van der Waals surface area contributed by atoms with E-state index in [0.29, 0.717) is 13.0 Å². The molecule has 1 aliphatic rings. The van der Waals surface area contributed by atoms with Crippen LogP contribution in [0, 0.1) is 11.8 Å². The predicted molar refractivity (Wildman–Crippen MR) is 85.2 cm³/mol. The van der Waals surface area contributed by atoms with Gasteiger partial charge in [-0.05, 0) is 36.3 Å². The summed E-state index contributed by atoms with van der Waals surface area (Å²) >= 11 is 1.58. The number of aliphatic hydroxyl groups is 1. The third-order valence-electron chi connectivity index (χ3n) is 3.48. The van der Waals surface area contributed by atoms with Gasteiger partial charge in [-0.2, -0.15) is 0 Å². The van der Waals surface area contributed by atoms with Crippen molar-refractivity contribution in [1.82, 2.24) is 9.80 Å². The van der Waals surface area contributed by atoms with E-state index in [1.54, 1.807) is 16.2 Å². The number of thiophene rings is 1. The molecule has 21 heavy (non-hydrogen) atoms. The van der Waals surface area contributed by atoms with E-state index in [2.05, 4.69) is 11.8 Å². The van der Waals surface area contributed by atoms with Crippen LogP contribution in [0.3, 0.4) is 0 Å². The molecule has 0 unspecified atom stereocenters. The van der Waals surface area contributed by atoms with Crippen molar-refractivity contribution in [2.45, 2.75) is 32.2 Å². The van der Waals surface area contributed by atoms with Crippen molar-refractivity contribution >= 4 is 17.4 Å². The highest BCUT2D eigenvalue weighted by Crippen LogP contribution is 2.17. The number of amides is 2. The zero-order chi connectivity index (χ0) is 15.1. The summed E-state index contributed by atoms with van der Waals surface area (Å²) in [6.07, 6.45) is 3.96. The van der Waals surface area contributed by atoms with Crippen molar-refractivity contribution < 1.29 is 9.90 Å². The van der Waals surface area contributed by atoms with E-state index in [9.17, 15) is 4.79 Å². The fraction of sp³-hybridized carbons (Fsp3) is 0.562. The van der Waals surface area contributed by atoms with Gasteiger partial charge in [-0.25, -0.2) is 4.79 Å². The number of rotatable bonds is 3. The maximum absolute atomic E-state index is 12.3. The third kappa shape index (κ3) is 4.76. The molecular formula is C16H22N2O2S. The lowest BCUT2D eigenvalue weighted by molar-refractivity contribution is 0.151. The van der Waals surface area contributed by atoms with Crippen LogP contribution in [0.1, 0.15) is 36.1 Å². The van der Waals surface area contributed by atoms with Gasteiger partial charge < -0.3 is 14.9 Å². The summed E-state index contributed by atoms with van der Waals surface area (Å²) in [4.78, 5) is 17.0. The van der Waals surface area contributed by atoms with Gasteiger partial charge in [-0.15, -0.1) is 11.3 Å². The first-order chi connectivity index (χ1) is 10.2. The summed E-state index contributed by atoms with van der Waals surface area (Å²) in [5, 5.41) is 10.8. The van der Waals surface area contributed by atoms with Crippen LogP contribution in [-0.2, 0) is 6.54 Å². The molecule has 1 aliphatic heterocycles. The quantitative estimate of drug-likeness (QED) is 0.872. The Balaban J connectivity index is 1.88. The van der Waals surface area contributed by atoms with Crippen molar-refractivity contribution in [3.63, 3.8) is 0 Å². The van der Waals surface area contributed by atoms with Crippen LogP contribution >= 0.6 is 11.3 Å². The van der Waals surface area contributed by atoms with Gasteiger partial charge in [0.2, 0.25) is 0 Å². The zero-order valence-corrected chi connectivity index (χ0v) is 13.3. The third-order valence-corrected chi connectivity index (χ3v) is 4.37. The highest BCUT2D eigenvalue weighted by atomic mass is 32.1. The number of aliphatic hydroxyl groups excluding tert-OH is 1. The highest BCUT2D eigenvalue weighted by Gasteiger charge is 2.20. The van der Waals surface area contributed by atoms with Gasteiger partial charge in [0.05, 0.1) is 11.5 Å². The largest absolute Gasteiger partial charge is 0.395 e. The lowest BCUT2D eigenvalue weighted by Gasteiger charge is -2.30. The molecule has 2 heterocycles. The monoisotopic (exact) mass is 306 g/mol. The molecule has 0 spiro atoms. The molecule has 4 nitrogen and oxygen atoms in total. The van der Waals surface area contributed by atoms with Crippen LogP contribution in [0.25, 0.3) is 0 Å².